The molecule has 0 radical (unpaired) electrons. The van der Waals surface area contributed by atoms with Crippen molar-refractivity contribution in [3.63, 3.8) is 0 Å². The van der Waals surface area contributed by atoms with Gasteiger partial charge in [-0.1, -0.05) is 6.07 Å². The van der Waals surface area contributed by atoms with E-state index in [0.717, 1.165) is 0 Å². The van der Waals surface area contributed by atoms with Gasteiger partial charge in [0.2, 0.25) is 0 Å². The molecule has 1 aromatic rings. The number of non-ortho nitro benzene ring substituents is 1. The first-order chi connectivity index (χ1) is 8.54. The van der Waals surface area contributed by atoms with Gasteiger partial charge in [0.25, 0.3) is 5.69 Å². The number of benzene rings is 1. The molecule has 0 aliphatic rings. The fourth-order valence-electron chi connectivity index (χ4n) is 1.30. The predicted octanol–water partition coefficient (Wildman–Crippen LogP) is 1.28. The monoisotopic (exact) mass is 252 g/mol. The SMILES string of the molecule is CNCCN(C)C(=O)Nc1cccc([N+](=O)[O-])c1. The number of amides is 2. The minimum atomic E-state index is -0.500. The second-order valence-corrected chi connectivity index (χ2v) is 3.76. The smallest absolute Gasteiger partial charge is 0.321 e. The normalized spacial score (nSPS) is 9.89. The number of rotatable bonds is 5. The number of nitrogens with zero attached hydrogens (tertiary/aromatic N) is 2. The molecular formula is C11H16N4O3. The lowest BCUT2D eigenvalue weighted by Crippen LogP contribution is -2.35. The molecule has 1 aromatic carbocycles. The molecule has 18 heavy (non-hydrogen) atoms. The summed E-state index contributed by atoms with van der Waals surface area (Å²) in [6.07, 6.45) is 0. The molecule has 0 aromatic heterocycles. The van der Waals surface area contributed by atoms with E-state index < -0.39 is 4.92 Å². The zero-order valence-corrected chi connectivity index (χ0v) is 10.3. The van der Waals surface area contributed by atoms with Gasteiger partial charge in [0, 0.05) is 38.0 Å². The molecule has 0 unspecified atom stereocenters. The third kappa shape index (κ3) is 4.02. The van der Waals surface area contributed by atoms with Crippen molar-refractivity contribution in [2.24, 2.45) is 0 Å². The molecule has 98 valence electrons. The summed E-state index contributed by atoms with van der Waals surface area (Å²) in [5.41, 5.74) is 0.358. The maximum atomic E-state index is 11.7. The lowest BCUT2D eigenvalue weighted by atomic mass is 10.3. The van der Waals surface area contributed by atoms with E-state index >= 15 is 0 Å². The van der Waals surface area contributed by atoms with Crippen LogP contribution in [0.25, 0.3) is 0 Å². The Hall–Kier alpha value is -2.15. The molecule has 0 heterocycles. The van der Waals surface area contributed by atoms with Gasteiger partial charge in [-0.15, -0.1) is 0 Å². The molecular weight excluding hydrogens is 236 g/mol. The molecule has 2 amide bonds. The van der Waals surface area contributed by atoms with Crippen molar-refractivity contribution in [3.05, 3.63) is 34.4 Å². The molecule has 0 fully saturated rings. The first-order valence-corrected chi connectivity index (χ1v) is 5.45. The van der Waals surface area contributed by atoms with Crippen LogP contribution in [0.15, 0.2) is 24.3 Å². The van der Waals surface area contributed by atoms with E-state index in [9.17, 15) is 14.9 Å². The van der Waals surface area contributed by atoms with Crippen molar-refractivity contribution in [3.8, 4) is 0 Å². The van der Waals surface area contributed by atoms with E-state index in [1.165, 1.54) is 23.1 Å². The number of nitrogens with one attached hydrogen (secondary N) is 2. The number of hydrogen-bond donors (Lipinski definition) is 2. The largest absolute Gasteiger partial charge is 0.326 e. The average molecular weight is 252 g/mol. The topological polar surface area (TPSA) is 87.5 Å². The van der Waals surface area contributed by atoms with Gasteiger partial charge in [-0.3, -0.25) is 10.1 Å². The van der Waals surface area contributed by atoms with Crippen LogP contribution in [0.5, 0.6) is 0 Å². The zero-order valence-electron chi connectivity index (χ0n) is 10.3. The van der Waals surface area contributed by atoms with Gasteiger partial charge in [-0.05, 0) is 13.1 Å². The molecule has 2 N–H and O–H groups in total. The van der Waals surface area contributed by atoms with Crippen LogP contribution in [0.1, 0.15) is 0 Å². The van der Waals surface area contributed by atoms with Gasteiger partial charge in [0.1, 0.15) is 0 Å². The number of hydrogen-bond acceptors (Lipinski definition) is 4. The summed E-state index contributed by atoms with van der Waals surface area (Å²) in [4.78, 5) is 23.3. The van der Waals surface area contributed by atoms with E-state index in [4.69, 9.17) is 0 Å². The lowest BCUT2D eigenvalue weighted by Gasteiger charge is -2.17. The third-order valence-electron chi connectivity index (χ3n) is 2.35. The average Bonchev–Trinajstić information content (AvgIpc) is 2.36. The Balaban J connectivity index is 2.64. The van der Waals surface area contributed by atoms with Crippen LogP contribution in [-0.4, -0.2) is 43.0 Å². The van der Waals surface area contributed by atoms with E-state index in [1.807, 2.05) is 0 Å². The molecule has 0 spiro atoms. The highest BCUT2D eigenvalue weighted by Gasteiger charge is 2.10. The molecule has 7 heteroatoms. The van der Waals surface area contributed by atoms with Crippen LogP contribution >= 0.6 is 0 Å². The second-order valence-electron chi connectivity index (χ2n) is 3.76. The van der Waals surface area contributed by atoms with Crippen molar-refractivity contribution < 1.29 is 9.72 Å². The van der Waals surface area contributed by atoms with Crippen molar-refractivity contribution in [1.29, 1.82) is 0 Å². The quantitative estimate of drug-likeness (QED) is 0.610. The maximum Gasteiger partial charge on any atom is 0.321 e. The van der Waals surface area contributed by atoms with E-state index in [-0.39, 0.29) is 11.7 Å². The Morgan fingerprint density at radius 2 is 2.22 bits per heavy atom. The maximum absolute atomic E-state index is 11.7. The molecule has 0 saturated heterocycles. The van der Waals surface area contributed by atoms with Crippen molar-refractivity contribution in [2.75, 3.05) is 32.5 Å². The van der Waals surface area contributed by atoms with Gasteiger partial charge in [0.15, 0.2) is 0 Å². The molecule has 0 aliphatic carbocycles. The van der Waals surface area contributed by atoms with Gasteiger partial charge in [-0.25, -0.2) is 4.79 Å². The standard InChI is InChI=1S/C11H16N4O3/c1-12-6-7-14(2)11(16)13-9-4-3-5-10(8-9)15(17)18/h3-5,8,12H,6-7H2,1-2H3,(H,13,16). The van der Waals surface area contributed by atoms with Crippen LogP contribution in [0.4, 0.5) is 16.2 Å². The van der Waals surface area contributed by atoms with Crippen molar-refractivity contribution in [1.82, 2.24) is 10.2 Å². The summed E-state index contributed by atoms with van der Waals surface area (Å²) in [7, 11) is 3.45. The van der Waals surface area contributed by atoms with Crippen LogP contribution in [0, 0.1) is 10.1 Å². The Morgan fingerprint density at radius 1 is 1.50 bits per heavy atom. The minimum Gasteiger partial charge on any atom is -0.326 e. The summed E-state index contributed by atoms with van der Waals surface area (Å²) in [5, 5.41) is 16.1. The first-order valence-electron chi connectivity index (χ1n) is 5.45. The summed E-state index contributed by atoms with van der Waals surface area (Å²) in [6, 6.07) is 5.54. The molecule has 1 rings (SSSR count). The van der Waals surface area contributed by atoms with Crippen LogP contribution in [0.2, 0.25) is 0 Å². The second kappa shape index (κ2) is 6.55. The third-order valence-corrected chi connectivity index (χ3v) is 2.35. The first kappa shape index (κ1) is 13.9. The number of carbonyl (C=O) groups is 1. The van der Waals surface area contributed by atoms with E-state index in [2.05, 4.69) is 10.6 Å². The molecule has 0 saturated carbocycles. The van der Waals surface area contributed by atoms with Crippen LogP contribution in [0.3, 0.4) is 0 Å². The van der Waals surface area contributed by atoms with E-state index in [1.54, 1.807) is 20.2 Å². The zero-order chi connectivity index (χ0) is 13.5. The predicted molar refractivity (Wildman–Crippen MR) is 68.7 cm³/mol. The Kier molecular flexibility index (Phi) is 5.06. The van der Waals surface area contributed by atoms with Gasteiger partial charge >= 0.3 is 6.03 Å². The molecule has 0 bridgehead atoms. The van der Waals surface area contributed by atoms with Crippen LogP contribution in [-0.2, 0) is 0 Å². The highest BCUT2D eigenvalue weighted by Crippen LogP contribution is 2.17. The van der Waals surface area contributed by atoms with Gasteiger partial charge in [-0.2, -0.15) is 0 Å². The number of nitro groups is 1. The Bertz CT molecular complexity index is 436. The molecule has 0 aliphatic heterocycles. The number of anilines is 1. The van der Waals surface area contributed by atoms with Crippen molar-refractivity contribution >= 4 is 17.4 Å². The van der Waals surface area contributed by atoms with Crippen molar-refractivity contribution in [2.45, 2.75) is 0 Å². The van der Waals surface area contributed by atoms with Gasteiger partial charge in [0.05, 0.1) is 4.92 Å². The molecule has 0 atom stereocenters. The highest BCUT2D eigenvalue weighted by molar-refractivity contribution is 5.89. The summed E-state index contributed by atoms with van der Waals surface area (Å²) in [5.74, 6) is 0. The fraction of sp³-hybridized carbons (Fsp3) is 0.364. The fourth-order valence-corrected chi connectivity index (χ4v) is 1.30. The Labute approximate surface area is 105 Å². The van der Waals surface area contributed by atoms with E-state index in [0.29, 0.717) is 18.8 Å². The summed E-state index contributed by atoms with van der Waals surface area (Å²) in [6.45, 7) is 1.23. The summed E-state index contributed by atoms with van der Waals surface area (Å²) >= 11 is 0. The van der Waals surface area contributed by atoms with Crippen LogP contribution < -0.4 is 10.6 Å². The summed E-state index contributed by atoms with van der Waals surface area (Å²) < 4.78 is 0. The number of nitro benzene ring substituents is 1. The number of urea groups is 1. The Morgan fingerprint density at radius 3 is 2.83 bits per heavy atom. The highest BCUT2D eigenvalue weighted by atomic mass is 16.6. The lowest BCUT2D eigenvalue weighted by molar-refractivity contribution is -0.384. The number of carbonyl (C=O) groups excluding carboxylic acids is 1. The van der Waals surface area contributed by atoms with Gasteiger partial charge < -0.3 is 15.5 Å². The molecule has 7 nitrogen and oxygen atoms in total. The minimum absolute atomic E-state index is 0.0503. The number of likely N-dealkylation sites (N-methyl/N-ethyl adjacent to an activating group) is 2.